The molecule has 0 spiro atoms. The number of nitrogen functional groups attached to an aromatic ring is 1. The molecule has 1 atom stereocenters. The highest BCUT2D eigenvalue weighted by atomic mass is 16.5. The molecule has 1 rings (SSSR count). The maximum absolute atomic E-state index is 5.59. The van der Waals surface area contributed by atoms with Gasteiger partial charge in [0.2, 0.25) is 0 Å². The maximum atomic E-state index is 5.59. The zero-order chi connectivity index (χ0) is 12.0. The standard InChI is InChI=1S/C11H20N4O/c1-4-16-6-9(8(2)3)15-11-5-10(12)13-7-14-11/h5,7-9H,4,6H2,1-3H3,(H3,12,13,14,15). The van der Waals surface area contributed by atoms with Crippen molar-refractivity contribution in [2.75, 3.05) is 24.3 Å². The van der Waals surface area contributed by atoms with E-state index in [0.717, 1.165) is 12.4 Å². The lowest BCUT2D eigenvalue weighted by Gasteiger charge is -2.22. The Morgan fingerprint density at radius 2 is 2.19 bits per heavy atom. The topological polar surface area (TPSA) is 73.1 Å². The maximum Gasteiger partial charge on any atom is 0.131 e. The molecule has 1 aromatic rings. The molecule has 5 heteroatoms. The van der Waals surface area contributed by atoms with Crippen LogP contribution in [0.2, 0.25) is 0 Å². The lowest BCUT2D eigenvalue weighted by atomic mass is 10.1. The van der Waals surface area contributed by atoms with Crippen LogP contribution >= 0.6 is 0 Å². The van der Waals surface area contributed by atoms with E-state index >= 15 is 0 Å². The predicted octanol–water partition coefficient (Wildman–Crippen LogP) is 1.53. The molecule has 0 saturated heterocycles. The second-order valence-electron chi connectivity index (χ2n) is 3.98. The van der Waals surface area contributed by atoms with Crippen LogP contribution in [-0.4, -0.2) is 29.2 Å². The predicted molar refractivity (Wildman–Crippen MR) is 65.2 cm³/mol. The number of nitrogens with zero attached hydrogens (tertiary/aromatic N) is 2. The van der Waals surface area contributed by atoms with E-state index in [4.69, 9.17) is 10.5 Å². The van der Waals surface area contributed by atoms with Gasteiger partial charge in [-0.1, -0.05) is 13.8 Å². The minimum absolute atomic E-state index is 0.231. The van der Waals surface area contributed by atoms with Crippen LogP contribution in [0.25, 0.3) is 0 Å². The molecule has 1 heterocycles. The number of nitrogens with one attached hydrogen (secondary N) is 1. The molecule has 3 N–H and O–H groups in total. The second-order valence-corrected chi connectivity index (χ2v) is 3.98. The van der Waals surface area contributed by atoms with E-state index < -0.39 is 0 Å². The largest absolute Gasteiger partial charge is 0.384 e. The van der Waals surface area contributed by atoms with Gasteiger partial charge >= 0.3 is 0 Å². The Hall–Kier alpha value is -1.36. The fourth-order valence-corrected chi connectivity index (χ4v) is 1.29. The summed E-state index contributed by atoms with van der Waals surface area (Å²) in [7, 11) is 0. The van der Waals surface area contributed by atoms with Crippen LogP contribution in [0.5, 0.6) is 0 Å². The van der Waals surface area contributed by atoms with Gasteiger partial charge in [-0.3, -0.25) is 0 Å². The van der Waals surface area contributed by atoms with Crippen molar-refractivity contribution in [3.8, 4) is 0 Å². The SMILES string of the molecule is CCOCC(Nc1cc(N)ncn1)C(C)C. The van der Waals surface area contributed by atoms with E-state index in [1.54, 1.807) is 6.07 Å². The monoisotopic (exact) mass is 224 g/mol. The molecule has 16 heavy (non-hydrogen) atoms. The minimum atomic E-state index is 0.231. The first-order chi connectivity index (χ1) is 7.63. The van der Waals surface area contributed by atoms with Crippen LogP contribution < -0.4 is 11.1 Å². The molecule has 5 nitrogen and oxygen atoms in total. The van der Waals surface area contributed by atoms with Crippen LogP contribution in [0.15, 0.2) is 12.4 Å². The molecular weight excluding hydrogens is 204 g/mol. The molecule has 0 aliphatic carbocycles. The van der Waals surface area contributed by atoms with Crippen molar-refractivity contribution in [1.29, 1.82) is 0 Å². The second kappa shape index (κ2) is 6.27. The van der Waals surface area contributed by atoms with E-state index in [-0.39, 0.29) is 6.04 Å². The van der Waals surface area contributed by atoms with Crippen molar-refractivity contribution in [3.63, 3.8) is 0 Å². The molecule has 90 valence electrons. The van der Waals surface area contributed by atoms with Crippen molar-refractivity contribution in [2.24, 2.45) is 5.92 Å². The summed E-state index contributed by atoms with van der Waals surface area (Å²) in [6.07, 6.45) is 1.45. The van der Waals surface area contributed by atoms with Gasteiger partial charge < -0.3 is 15.8 Å². The highest BCUT2D eigenvalue weighted by Crippen LogP contribution is 2.11. The Kier molecular flexibility index (Phi) is 4.98. The quantitative estimate of drug-likeness (QED) is 0.766. The molecule has 0 fully saturated rings. The van der Waals surface area contributed by atoms with Crippen molar-refractivity contribution in [1.82, 2.24) is 9.97 Å². The summed E-state index contributed by atoms with van der Waals surface area (Å²) in [6, 6.07) is 1.95. The number of anilines is 2. The van der Waals surface area contributed by atoms with Gasteiger partial charge in [0.15, 0.2) is 0 Å². The van der Waals surface area contributed by atoms with Gasteiger partial charge in [0.1, 0.15) is 18.0 Å². The fraction of sp³-hybridized carbons (Fsp3) is 0.636. The first kappa shape index (κ1) is 12.7. The Bertz CT molecular complexity index is 317. The number of hydrogen-bond acceptors (Lipinski definition) is 5. The molecule has 1 unspecified atom stereocenters. The van der Waals surface area contributed by atoms with E-state index in [9.17, 15) is 0 Å². The van der Waals surface area contributed by atoms with Crippen LogP contribution in [0.3, 0.4) is 0 Å². The summed E-state index contributed by atoms with van der Waals surface area (Å²) in [6.45, 7) is 7.65. The van der Waals surface area contributed by atoms with E-state index in [1.807, 2.05) is 6.92 Å². The molecular formula is C11H20N4O. The van der Waals surface area contributed by atoms with Gasteiger partial charge in [-0.05, 0) is 12.8 Å². The Labute approximate surface area is 96.4 Å². The lowest BCUT2D eigenvalue weighted by Crippen LogP contribution is -2.31. The Balaban J connectivity index is 2.60. The zero-order valence-corrected chi connectivity index (χ0v) is 10.1. The molecule has 0 bridgehead atoms. The molecule has 0 amide bonds. The third-order valence-electron chi connectivity index (χ3n) is 2.33. The number of rotatable bonds is 6. The average Bonchev–Trinajstić information content (AvgIpc) is 2.24. The van der Waals surface area contributed by atoms with Gasteiger partial charge in [0, 0.05) is 12.7 Å². The number of hydrogen-bond donors (Lipinski definition) is 2. The van der Waals surface area contributed by atoms with E-state index in [1.165, 1.54) is 6.33 Å². The van der Waals surface area contributed by atoms with Gasteiger partial charge in [-0.15, -0.1) is 0 Å². The number of aromatic nitrogens is 2. The summed E-state index contributed by atoms with van der Waals surface area (Å²) >= 11 is 0. The first-order valence-corrected chi connectivity index (χ1v) is 5.55. The molecule has 0 radical (unpaired) electrons. The Morgan fingerprint density at radius 3 is 2.75 bits per heavy atom. The van der Waals surface area contributed by atoms with E-state index in [2.05, 4.69) is 29.1 Å². The Morgan fingerprint density at radius 1 is 1.44 bits per heavy atom. The summed E-state index contributed by atoms with van der Waals surface area (Å²) in [5, 5.41) is 3.30. The summed E-state index contributed by atoms with van der Waals surface area (Å²) in [5.74, 6) is 1.67. The lowest BCUT2D eigenvalue weighted by molar-refractivity contribution is 0.126. The van der Waals surface area contributed by atoms with Gasteiger partial charge in [-0.2, -0.15) is 0 Å². The molecule has 1 aromatic heterocycles. The highest BCUT2D eigenvalue weighted by molar-refractivity contribution is 5.43. The van der Waals surface area contributed by atoms with Gasteiger partial charge in [0.05, 0.1) is 12.6 Å². The van der Waals surface area contributed by atoms with Crippen LogP contribution in [-0.2, 0) is 4.74 Å². The normalized spacial score (nSPS) is 12.8. The number of nitrogens with two attached hydrogens (primary N) is 1. The molecule has 0 saturated carbocycles. The van der Waals surface area contributed by atoms with Crippen molar-refractivity contribution in [3.05, 3.63) is 12.4 Å². The fourth-order valence-electron chi connectivity index (χ4n) is 1.29. The van der Waals surface area contributed by atoms with Gasteiger partial charge in [0.25, 0.3) is 0 Å². The number of ether oxygens (including phenoxy) is 1. The van der Waals surface area contributed by atoms with Crippen LogP contribution in [0.1, 0.15) is 20.8 Å². The summed E-state index contributed by atoms with van der Waals surface area (Å²) < 4.78 is 5.42. The van der Waals surface area contributed by atoms with Crippen molar-refractivity contribution < 1.29 is 4.74 Å². The first-order valence-electron chi connectivity index (χ1n) is 5.55. The highest BCUT2D eigenvalue weighted by Gasteiger charge is 2.13. The van der Waals surface area contributed by atoms with Crippen molar-refractivity contribution in [2.45, 2.75) is 26.8 Å². The van der Waals surface area contributed by atoms with Crippen LogP contribution in [0.4, 0.5) is 11.6 Å². The van der Waals surface area contributed by atoms with E-state index in [0.29, 0.717) is 18.3 Å². The molecule has 0 aliphatic rings. The zero-order valence-electron chi connectivity index (χ0n) is 10.1. The summed E-state index contributed by atoms with van der Waals surface area (Å²) in [5.41, 5.74) is 5.59. The van der Waals surface area contributed by atoms with Crippen LogP contribution in [0, 0.1) is 5.92 Å². The smallest absolute Gasteiger partial charge is 0.131 e. The third kappa shape index (κ3) is 4.02. The molecule has 0 aliphatic heterocycles. The average molecular weight is 224 g/mol. The third-order valence-corrected chi connectivity index (χ3v) is 2.33. The molecule has 0 aromatic carbocycles. The summed E-state index contributed by atoms with van der Waals surface area (Å²) in [4.78, 5) is 7.96. The minimum Gasteiger partial charge on any atom is -0.384 e. The van der Waals surface area contributed by atoms with Crippen molar-refractivity contribution >= 4 is 11.6 Å². The van der Waals surface area contributed by atoms with Gasteiger partial charge in [-0.25, -0.2) is 9.97 Å².